The number of pyridine rings is 1. The monoisotopic (exact) mass is 343 g/mol. The number of hydrogen-bond donors (Lipinski definition) is 0. The van der Waals surface area contributed by atoms with E-state index in [1.54, 1.807) is 6.07 Å². The highest BCUT2D eigenvalue weighted by Crippen LogP contribution is 2.33. The summed E-state index contributed by atoms with van der Waals surface area (Å²) in [6.45, 7) is 1.45. The Morgan fingerprint density at radius 1 is 1.42 bits per heavy atom. The Hall–Kier alpha value is -1.46. The summed E-state index contributed by atoms with van der Waals surface area (Å²) in [7, 11) is 0. The highest BCUT2D eigenvalue weighted by Gasteiger charge is 2.10. The fraction of sp³-hybridized carbons (Fsp3) is 0.0769. The molecule has 1 aromatic carbocycles. The van der Waals surface area contributed by atoms with Crippen LogP contribution in [0.3, 0.4) is 0 Å². The van der Waals surface area contributed by atoms with E-state index >= 15 is 0 Å². The van der Waals surface area contributed by atoms with E-state index in [0.717, 1.165) is 6.07 Å². The molecule has 1 heterocycles. The van der Waals surface area contributed by atoms with Crippen molar-refractivity contribution in [1.82, 2.24) is 4.98 Å². The van der Waals surface area contributed by atoms with E-state index < -0.39 is 5.82 Å². The van der Waals surface area contributed by atoms with Gasteiger partial charge in [-0.25, -0.2) is 9.37 Å². The van der Waals surface area contributed by atoms with E-state index in [4.69, 9.17) is 16.3 Å². The number of rotatable bonds is 3. The third-order valence-electron chi connectivity index (χ3n) is 2.33. The first-order valence-electron chi connectivity index (χ1n) is 5.27. The zero-order valence-corrected chi connectivity index (χ0v) is 12.1. The van der Waals surface area contributed by atoms with Crippen LogP contribution in [0.2, 0.25) is 5.02 Å². The largest absolute Gasteiger partial charge is 0.438 e. The minimum Gasteiger partial charge on any atom is -0.438 e. The predicted molar refractivity (Wildman–Crippen MR) is 73.4 cm³/mol. The summed E-state index contributed by atoms with van der Waals surface area (Å²) >= 11 is 8.85. The number of carbonyl (C=O) groups excluding carboxylic acids is 1. The van der Waals surface area contributed by atoms with E-state index in [9.17, 15) is 9.18 Å². The van der Waals surface area contributed by atoms with E-state index in [1.807, 2.05) is 0 Å². The van der Waals surface area contributed by atoms with Crippen molar-refractivity contribution < 1.29 is 13.9 Å². The molecule has 0 saturated carbocycles. The number of aromatic nitrogens is 1. The molecule has 0 amide bonds. The lowest BCUT2D eigenvalue weighted by molar-refractivity contribution is 0.101. The summed E-state index contributed by atoms with van der Waals surface area (Å²) < 4.78 is 19.3. The van der Waals surface area contributed by atoms with Gasteiger partial charge in [0, 0.05) is 23.9 Å². The molecular formula is C13H8BrClFNO2. The molecule has 0 aliphatic carbocycles. The van der Waals surface area contributed by atoms with Crippen molar-refractivity contribution in [3.63, 3.8) is 0 Å². The lowest BCUT2D eigenvalue weighted by Gasteiger charge is -2.08. The number of halogens is 3. The summed E-state index contributed by atoms with van der Waals surface area (Å²) in [4.78, 5) is 15.1. The molecule has 98 valence electrons. The summed E-state index contributed by atoms with van der Waals surface area (Å²) in [6.07, 6.45) is 1.40. The van der Waals surface area contributed by atoms with Crippen molar-refractivity contribution in [3.05, 3.63) is 51.3 Å². The van der Waals surface area contributed by atoms with Crippen LogP contribution in [0.15, 0.2) is 34.9 Å². The number of ketones is 1. The van der Waals surface area contributed by atoms with Gasteiger partial charge in [-0.05, 0) is 35.0 Å². The molecule has 0 unspecified atom stereocenters. The minimum absolute atomic E-state index is 0.000822. The van der Waals surface area contributed by atoms with E-state index in [1.165, 1.54) is 25.3 Å². The SMILES string of the molecule is CC(=O)c1ccc(Oc2cc(F)c(Cl)cc2Br)nc1. The van der Waals surface area contributed by atoms with E-state index in [2.05, 4.69) is 20.9 Å². The van der Waals surface area contributed by atoms with Crippen LogP contribution in [0.25, 0.3) is 0 Å². The molecule has 0 fully saturated rings. The second-order valence-electron chi connectivity index (χ2n) is 3.74. The Labute approximate surface area is 122 Å². The molecule has 0 bridgehead atoms. The highest BCUT2D eigenvalue weighted by atomic mass is 79.9. The second-order valence-corrected chi connectivity index (χ2v) is 5.00. The molecule has 0 aliphatic rings. The van der Waals surface area contributed by atoms with Crippen molar-refractivity contribution in [3.8, 4) is 11.6 Å². The maximum Gasteiger partial charge on any atom is 0.219 e. The Kier molecular flexibility index (Phi) is 4.17. The molecule has 0 N–H and O–H groups in total. The number of benzene rings is 1. The number of hydrogen-bond acceptors (Lipinski definition) is 3. The van der Waals surface area contributed by atoms with Crippen LogP contribution >= 0.6 is 27.5 Å². The van der Waals surface area contributed by atoms with Crippen LogP contribution in [-0.2, 0) is 0 Å². The van der Waals surface area contributed by atoms with Gasteiger partial charge in [0.1, 0.15) is 11.6 Å². The van der Waals surface area contributed by atoms with Crippen molar-refractivity contribution >= 4 is 33.3 Å². The second kappa shape index (κ2) is 5.67. The van der Waals surface area contributed by atoms with Gasteiger partial charge < -0.3 is 4.74 Å². The zero-order chi connectivity index (χ0) is 14.0. The standard InChI is InChI=1S/C13H8BrClFNO2/c1-7(18)8-2-3-13(17-6-8)19-12-5-11(16)10(15)4-9(12)14/h2-6H,1H3. The summed E-state index contributed by atoms with van der Waals surface area (Å²) in [5.74, 6) is -0.157. The fourth-order valence-electron chi connectivity index (χ4n) is 1.34. The molecule has 0 atom stereocenters. The lowest BCUT2D eigenvalue weighted by atomic mass is 10.2. The first-order valence-corrected chi connectivity index (χ1v) is 6.44. The quantitative estimate of drug-likeness (QED) is 0.602. The number of Topliss-reactive ketones (excluding diaryl/α,β-unsaturated/α-hetero) is 1. The maximum atomic E-state index is 13.3. The first kappa shape index (κ1) is 14.0. The van der Waals surface area contributed by atoms with Gasteiger partial charge in [-0.2, -0.15) is 0 Å². The topological polar surface area (TPSA) is 39.2 Å². The van der Waals surface area contributed by atoms with Gasteiger partial charge in [-0.3, -0.25) is 4.79 Å². The summed E-state index contributed by atoms with van der Waals surface area (Å²) in [6, 6.07) is 5.68. The van der Waals surface area contributed by atoms with Gasteiger partial charge in [-0.15, -0.1) is 0 Å². The van der Waals surface area contributed by atoms with Gasteiger partial charge in [0.05, 0.1) is 9.50 Å². The minimum atomic E-state index is -0.583. The number of carbonyl (C=O) groups is 1. The molecule has 19 heavy (non-hydrogen) atoms. The van der Waals surface area contributed by atoms with Crippen LogP contribution in [0.4, 0.5) is 4.39 Å². The summed E-state index contributed by atoms with van der Waals surface area (Å²) in [5.41, 5.74) is 0.480. The molecule has 0 spiro atoms. The Morgan fingerprint density at radius 2 is 2.16 bits per heavy atom. The van der Waals surface area contributed by atoms with Gasteiger partial charge in [0.2, 0.25) is 5.88 Å². The van der Waals surface area contributed by atoms with Crippen molar-refractivity contribution in [1.29, 1.82) is 0 Å². The van der Waals surface area contributed by atoms with Crippen LogP contribution in [0, 0.1) is 5.82 Å². The highest BCUT2D eigenvalue weighted by molar-refractivity contribution is 9.10. The van der Waals surface area contributed by atoms with Crippen LogP contribution in [-0.4, -0.2) is 10.8 Å². The zero-order valence-electron chi connectivity index (χ0n) is 9.78. The molecular weight excluding hydrogens is 337 g/mol. The average molecular weight is 345 g/mol. The van der Waals surface area contributed by atoms with Gasteiger partial charge >= 0.3 is 0 Å². The summed E-state index contributed by atoms with van der Waals surface area (Å²) in [5, 5.41) is -0.000822. The predicted octanol–water partition coefficient (Wildman–Crippen LogP) is 4.63. The molecule has 3 nitrogen and oxygen atoms in total. The molecule has 1 aromatic heterocycles. The van der Waals surface area contributed by atoms with Crippen molar-refractivity contribution in [2.75, 3.05) is 0 Å². The van der Waals surface area contributed by atoms with Crippen molar-refractivity contribution in [2.24, 2.45) is 0 Å². The van der Waals surface area contributed by atoms with Crippen LogP contribution < -0.4 is 4.74 Å². The van der Waals surface area contributed by atoms with Gasteiger partial charge in [0.25, 0.3) is 0 Å². The molecule has 0 radical (unpaired) electrons. The maximum absolute atomic E-state index is 13.3. The fourth-order valence-corrected chi connectivity index (χ4v) is 2.06. The van der Waals surface area contributed by atoms with Crippen LogP contribution in [0.5, 0.6) is 11.6 Å². The number of ether oxygens (including phenoxy) is 1. The normalized spacial score (nSPS) is 10.3. The lowest BCUT2D eigenvalue weighted by Crippen LogP contribution is -1.95. The Morgan fingerprint density at radius 3 is 2.74 bits per heavy atom. The van der Waals surface area contributed by atoms with E-state index in [-0.39, 0.29) is 22.4 Å². The van der Waals surface area contributed by atoms with E-state index in [0.29, 0.717) is 10.0 Å². The molecule has 0 aliphatic heterocycles. The molecule has 0 saturated heterocycles. The smallest absolute Gasteiger partial charge is 0.219 e. The molecule has 2 rings (SSSR count). The first-order chi connectivity index (χ1) is 8.97. The third kappa shape index (κ3) is 3.30. The Bertz CT molecular complexity index is 631. The van der Waals surface area contributed by atoms with Crippen LogP contribution in [0.1, 0.15) is 17.3 Å². The Balaban J connectivity index is 2.26. The van der Waals surface area contributed by atoms with Crippen molar-refractivity contribution in [2.45, 2.75) is 6.92 Å². The van der Waals surface area contributed by atoms with Gasteiger partial charge in [0.15, 0.2) is 5.78 Å². The van der Waals surface area contributed by atoms with Gasteiger partial charge in [-0.1, -0.05) is 11.6 Å². The third-order valence-corrected chi connectivity index (χ3v) is 3.24. The molecule has 2 aromatic rings. The molecule has 6 heteroatoms. The number of nitrogens with zero attached hydrogens (tertiary/aromatic N) is 1. The average Bonchev–Trinajstić information content (AvgIpc) is 2.36.